The van der Waals surface area contributed by atoms with Gasteiger partial charge in [-0.15, -0.1) is 0 Å². The van der Waals surface area contributed by atoms with E-state index in [0.29, 0.717) is 18.4 Å². The van der Waals surface area contributed by atoms with Crippen molar-refractivity contribution in [3.63, 3.8) is 0 Å². The molecule has 1 fully saturated rings. The molecule has 0 aliphatic carbocycles. The number of nitrogens with zero attached hydrogens (tertiary/aromatic N) is 4. The molecule has 2 rings (SSSR count). The molecule has 1 aromatic rings. The second-order valence-electron chi connectivity index (χ2n) is 5.00. The van der Waals surface area contributed by atoms with Crippen LogP contribution in [0.3, 0.4) is 0 Å². The summed E-state index contributed by atoms with van der Waals surface area (Å²) in [4.78, 5) is 13.4. The number of piperazine rings is 1. The summed E-state index contributed by atoms with van der Waals surface area (Å²) >= 11 is 0. The number of nitrogens with two attached hydrogens (primary N) is 2. The average molecular weight is 250 g/mol. The summed E-state index contributed by atoms with van der Waals surface area (Å²) in [7, 11) is 4.29. The van der Waals surface area contributed by atoms with E-state index in [0.717, 1.165) is 37.4 Å². The van der Waals surface area contributed by atoms with Gasteiger partial charge in [0, 0.05) is 50.4 Å². The van der Waals surface area contributed by atoms with E-state index in [1.807, 2.05) is 0 Å². The minimum absolute atomic E-state index is 0.387. The molecule has 0 aromatic carbocycles. The summed E-state index contributed by atoms with van der Waals surface area (Å²) in [6.45, 7) is 3.62. The number of aromatic nitrogens is 2. The summed E-state index contributed by atoms with van der Waals surface area (Å²) < 4.78 is 0. The number of nitrogen functional groups attached to an aromatic ring is 1. The van der Waals surface area contributed by atoms with Gasteiger partial charge in [0.1, 0.15) is 11.6 Å². The number of rotatable bonds is 3. The summed E-state index contributed by atoms with van der Waals surface area (Å²) in [5, 5.41) is 0. The van der Waals surface area contributed by atoms with Crippen molar-refractivity contribution in [1.29, 1.82) is 0 Å². The van der Waals surface area contributed by atoms with Crippen LogP contribution in [0.4, 0.5) is 5.82 Å². The average Bonchev–Trinajstić information content (AvgIpc) is 2.34. The van der Waals surface area contributed by atoms with Gasteiger partial charge in [0.2, 0.25) is 0 Å². The van der Waals surface area contributed by atoms with Crippen LogP contribution in [0, 0.1) is 0 Å². The Morgan fingerprint density at radius 2 is 2.17 bits per heavy atom. The van der Waals surface area contributed by atoms with E-state index in [1.54, 1.807) is 6.20 Å². The third-order valence-electron chi connectivity index (χ3n) is 3.57. The number of hydrogen-bond acceptors (Lipinski definition) is 6. The van der Waals surface area contributed by atoms with Crippen LogP contribution in [-0.4, -0.2) is 59.5 Å². The van der Waals surface area contributed by atoms with E-state index in [2.05, 4.69) is 33.9 Å². The molecule has 100 valence electrons. The Kier molecular flexibility index (Phi) is 4.11. The Balaban J connectivity index is 2.06. The maximum absolute atomic E-state index is 5.84. The molecule has 18 heavy (non-hydrogen) atoms. The third-order valence-corrected chi connectivity index (χ3v) is 3.57. The number of hydrogen-bond donors (Lipinski definition) is 2. The normalized spacial score (nSPS) is 22.3. The summed E-state index contributed by atoms with van der Waals surface area (Å²) in [5.74, 6) is 1.31. The Morgan fingerprint density at radius 1 is 1.39 bits per heavy atom. The third kappa shape index (κ3) is 2.95. The molecule has 1 aliphatic rings. The molecule has 0 amide bonds. The lowest BCUT2D eigenvalue weighted by Gasteiger charge is -2.37. The van der Waals surface area contributed by atoms with Crippen LogP contribution >= 0.6 is 0 Å². The molecule has 1 saturated heterocycles. The fourth-order valence-electron chi connectivity index (χ4n) is 2.25. The summed E-state index contributed by atoms with van der Waals surface area (Å²) in [6.07, 6.45) is 2.57. The molecule has 1 unspecified atom stereocenters. The predicted octanol–water partition coefficient (Wildman–Crippen LogP) is -0.694. The standard InChI is InChI=1S/C12H22N6/c1-17-3-4-18(2)10(8-17)5-11-15-7-9(6-13)12(14)16-11/h7,10H,3-6,8,13H2,1-2H3,(H2,14,15,16). The van der Waals surface area contributed by atoms with Gasteiger partial charge in [-0.2, -0.15) is 0 Å². The van der Waals surface area contributed by atoms with Crippen molar-refractivity contribution in [3.8, 4) is 0 Å². The smallest absolute Gasteiger partial charge is 0.132 e. The van der Waals surface area contributed by atoms with Gasteiger partial charge in [0.15, 0.2) is 0 Å². The zero-order valence-corrected chi connectivity index (χ0v) is 11.1. The van der Waals surface area contributed by atoms with E-state index in [-0.39, 0.29) is 0 Å². The quantitative estimate of drug-likeness (QED) is 0.738. The predicted molar refractivity (Wildman–Crippen MR) is 72.0 cm³/mol. The molecular weight excluding hydrogens is 228 g/mol. The van der Waals surface area contributed by atoms with Crippen LogP contribution in [-0.2, 0) is 13.0 Å². The Morgan fingerprint density at radius 3 is 2.83 bits per heavy atom. The van der Waals surface area contributed by atoms with Crippen LogP contribution in [0.2, 0.25) is 0 Å². The van der Waals surface area contributed by atoms with Gasteiger partial charge in [0.25, 0.3) is 0 Å². The lowest BCUT2D eigenvalue weighted by Crippen LogP contribution is -2.51. The molecule has 0 bridgehead atoms. The fraction of sp³-hybridized carbons (Fsp3) is 0.667. The zero-order valence-electron chi connectivity index (χ0n) is 11.1. The van der Waals surface area contributed by atoms with Gasteiger partial charge in [-0.05, 0) is 14.1 Å². The van der Waals surface area contributed by atoms with Crippen molar-refractivity contribution in [2.45, 2.75) is 19.0 Å². The lowest BCUT2D eigenvalue weighted by molar-refractivity contribution is 0.113. The van der Waals surface area contributed by atoms with E-state index in [4.69, 9.17) is 11.5 Å². The van der Waals surface area contributed by atoms with E-state index in [1.165, 1.54) is 0 Å². The topological polar surface area (TPSA) is 84.3 Å². The molecular formula is C12H22N6. The maximum Gasteiger partial charge on any atom is 0.132 e. The van der Waals surface area contributed by atoms with Crippen LogP contribution < -0.4 is 11.5 Å². The van der Waals surface area contributed by atoms with Crippen molar-refractivity contribution in [2.75, 3.05) is 39.5 Å². The second kappa shape index (κ2) is 5.60. The molecule has 1 aromatic heterocycles. The fourth-order valence-corrected chi connectivity index (χ4v) is 2.25. The van der Waals surface area contributed by atoms with E-state index < -0.39 is 0 Å². The molecule has 1 aliphatic heterocycles. The van der Waals surface area contributed by atoms with Gasteiger partial charge in [-0.3, -0.25) is 0 Å². The van der Waals surface area contributed by atoms with Crippen LogP contribution in [0.25, 0.3) is 0 Å². The lowest BCUT2D eigenvalue weighted by atomic mass is 10.1. The molecule has 0 saturated carbocycles. The van der Waals surface area contributed by atoms with Crippen molar-refractivity contribution in [3.05, 3.63) is 17.6 Å². The van der Waals surface area contributed by atoms with Crippen molar-refractivity contribution in [2.24, 2.45) is 5.73 Å². The minimum atomic E-state index is 0.387. The first-order valence-electron chi connectivity index (χ1n) is 6.29. The molecule has 0 spiro atoms. The minimum Gasteiger partial charge on any atom is -0.383 e. The largest absolute Gasteiger partial charge is 0.383 e. The van der Waals surface area contributed by atoms with E-state index >= 15 is 0 Å². The van der Waals surface area contributed by atoms with E-state index in [9.17, 15) is 0 Å². The molecule has 6 nitrogen and oxygen atoms in total. The second-order valence-corrected chi connectivity index (χ2v) is 5.00. The molecule has 1 atom stereocenters. The molecule has 6 heteroatoms. The van der Waals surface area contributed by atoms with Crippen molar-refractivity contribution in [1.82, 2.24) is 19.8 Å². The summed E-state index contributed by atoms with van der Waals surface area (Å²) in [6, 6.07) is 0.451. The first-order chi connectivity index (χ1) is 8.60. The SMILES string of the molecule is CN1CCN(C)C(Cc2ncc(CN)c(N)n2)C1. The highest BCUT2D eigenvalue weighted by molar-refractivity contribution is 5.37. The highest BCUT2D eigenvalue weighted by Gasteiger charge is 2.23. The van der Waals surface area contributed by atoms with Gasteiger partial charge >= 0.3 is 0 Å². The van der Waals surface area contributed by atoms with Gasteiger partial charge in [-0.1, -0.05) is 0 Å². The Labute approximate surface area is 108 Å². The Bertz CT molecular complexity index is 408. The highest BCUT2D eigenvalue weighted by atomic mass is 15.3. The zero-order chi connectivity index (χ0) is 13.1. The monoisotopic (exact) mass is 250 g/mol. The van der Waals surface area contributed by atoms with Gasteiger partial charge in [0.05, 0.1) is 0 Å². The highest BCUT2D eigenvalue weighted by Crippen LogP contribution is 2.12. The summed E-state index contributed by atoms with van der Waals surface area (Å²) in [5.41, 5.74) is 12.2. The Hall–Kier alpha value is -1.24. The van der Waals surface area contributed by atoms with Crippen molar-refractivity contribution >= 4 is 5.82 Å². The first-order valence-corrected chi connectivity index (χ1v) is 6.29. The number of anilines is 1. The van der Waals surface area contributed by atoms with Crippen molar-refractivity contribution < 1.29 is 0 Å². The van der Waals surface area contributed by atoms with Gasteiger partial charge < -0.3 is 21.3 Å². The molecule has 2 heterocycles. The van der Waals surface area contributed by atoms with Crippen LogP contribution in [0.15, 0.2) is 6.20 Å². The maximum atomic E-state index is 5.84. The number of likely N-dealkylation sites (N-methyl/N-ethyl adjacent to an activating group) is 2. The first kappa shape index (κ1) is 13.2. The van der Waals surface area contributed by atoms with Gasteiger partial charge in [-0.25, -0.2) is 9.97 Å². The molecule has 0 radical (unpaired) electrons. The molecule has 4 N–H and O–H groups in total. The van der Waals surface area contributed by atoms with Crippen LogP contribution in [0.5, 0.6) is 0 Å². The van der Waals surface area contributed by atoms with Crippen LogP contribution in [0.1, 0.15) is 11.4 Å².